The zero-order chi connectivity index (χ0) is 29.0. The van der Waals surface area contributed by atoms with Crippen molar-refractivity contribution in [2.24, 2.45) is 0 Å². The predicted molar refractivity (Wildman–Crippen MR) is 158 cm³/mol. The number of esters is 1. The minimum atomic E-state index is -0.301. The summed E-state index contributed by atoms with van der Waals surface area (Å²) in [4.78, 5) is 10.6. The molecular formula is C31H62O9. The number of carbonyl (C=O) groups excluding carboxylic acids is 1. The van der Waals surface area contributed by atoms with Crippen LogP contribution in [0.15, 0.2) is 0 Å². The molecule has 0 heterocycles. The fourth-order valence-electron chi connectivity index (χ4n) is 3.89. The van der Waals surface area contributed by atoms with Gasteiger partial charge in [0.1, 0.15) is 6.61 Å². The lowest BCUT2D eigenvalue weighted by atomic mass is 10.0. The highest BCUT2D eigenvalue weighted by atomic mass is 16.6. The van der Waals surface area contributed by atoms with E-state index in [2.05, 4.69) is 6.92 Å². The topological polar surface area (TPSA) is 90.9 Å². The zero-order valence-electron chi connectivity index (χ0n) is 26.0. The van der Waals surface area contributed by atoms with E-state index in [1.165, 1.54) is 84.0 Å². The first-order chi connectivity index (χ1) is 19.8. The van der Waals surface area contributed by atoms with Crippen molar-refractivity contribution in [1.29, 1.82) is 0 Å². The molecule has 0 unspecified atom stereocenters. The fourth-order valence-corrected chi connectivity index (χ4v) is 3.89. The molecule has 40 heavy (non-hydrogen) atoms. The van der Waals surface area contributed by atoms with E-state index in [0.717, 1.165) is 13.0 Å². The summed E-state index contributed by atoms with van der Waals surface area (Å²) >= 11 is 0. The van der Waals surface area contributed by atoms with E-state index >= 15 is 0 Å². The van der Waals surface area contributed by atoms with E-state index in [1.807, 2.05) is 0 Å². The van der Waals surface area contributed by atoms with Gasteiger partial charge in [0.2, 0.25) is 0 Å². The van der Waals surface area contributed by atoms with Crippen molar-refractivity contribution in [2.75, 3.05) is 99.1 Å². The van der Waals surface area contributed by atoms with E-state index in [-0.39, 0.29) is 12.6 Å². The second-order valence-corrected chi connectivity index (χ2v) is 9.87. The number of rotatable bonds is 35. The molecule has 0 aliphatic rings. The molecule has 0 radical (unpaired) electrons. The van der Waals surface area contributed by atoms with Gasteiger partial charge in [0.25, 0.3) is 0 Å². The van der Waals surface area contributed by atoms with E-state index in [1.54, 1.807) is 0 Å². The molecule has 0 fully saturated rings. The minimum Gasteiger partial charge on any atom is -0.463 e. The Kier molecular flexibility index (Phi) is 35.5. The standard InChI is InChI=1S/C31H62O9/c1-3-4-5-6-7-8-9-10-11-12-13-14-15-16-33-17-18-34-19-20-35-21-22-36-23-24-37-25-26-38-27-28-39-29-30-40-31(2)32/h3-30H2,1-2H3. The molecule has 0 atom stereocenters. The van der Waals surface area contributed by atoms with Gasteiger partial charge in [-0.2, -0.15) is 0 Å². The van der Waals surface area contributed by atoms with Gasteiger partial charge in [0.05, 0.1) is 85.9 Å². The molecule has 0 saturated heterocycles. The van der Waals surface area contributed by atoms with Crippen LogP contribution in [0.25, 0.3) is 0 Å². The lowest BCUT2D eigenvalue weighted by Gasteiger charge is -2.08. The summed E-state index contributed by atoms with van der Waals surface area (Å²) in [5.41, 5.74) is 0. The molecule has 0 N–H and O–H groups in total. The van der Waals surface area contributed by atoms with Crippen molar-refractivity contribution in [3.8, 4) is 0 Å². The summed E-state index contributed by atoms with van der Waals surface area (Å²) in [6.07, 6.45) is 17.8. The van der Waals surface area contributed by atoms with Crippen LogP contribution in [-0.4, -0.2) is 105 Å². The number of hydrogen-bond acceptors (Lipinski definition) is 9. The van der Waals surface area contributed by atoms with Crippen molar-refractivity contribution in [3.05, 3.63) is 0 Å². The summed E-state index contributed by atoms with van der Waals surface area (Å²) < 4.78 is 43.0. The van der Waals surface area contributed by atoms with Crippen LogP contribution in [0, 0.1) is 0 Å². The maximum absolute atomic E-state index is 10.6. The Balaban J connectivity index is 3.03. The average Bonchev–Trinajstić information content (AvgIpc) is 2.95. The maximum atomic E-state index is 10.6. The summed E-state index contributed by atoms with van der Waals surface area (Å²) in [6.45, 7) is 11.6. The smallest absolute Gasteiger partial charge is 0.302 e. The van der Waals surface area contributed by atoms with Crippen LogP contribution >= 0.6 is 0 Å². The van der Waals surface area contributed by atoms with Crippen LogP contribution in [0.4, 0.5) is 0 Å². The monoisotopic (exact) mass is 578 g/mol. The van der Waals surface area contributed by atoms with E-state index < -0.39 is 0 Å². The molecule has 0 aromatic rings. The summed E-state index contributed by atoms with van der Waals surface area (Å²) in [5.74, 6) is -0.301. The Bertz CT molecular complexity index is 480. The summed E-state index contributed by atoms with van der Waals surface area (Å²) in [7, 11) is 0. The Morgan fingerprint density at radius 1 is 0.350 bits per heavy atom. The van der Waals surface area contributed by atoms with Crippen molar-refractivity contribution in [1.82, 2.24) is 0 Å². The van der Waals surface area contributed by atoms with Crippen LogP contribution in [-0.2, 0) is 42.7 Å². The van der Waals surface area contributed by atoms with Gasteiger partial charge < -0.3 is 37.9 Å². The highest BCUT2D eigenvalue weighted by Gasteiger charge is 1.97. The molecular weight excluding hydrogens is 516 g/mol. The first-order valence-corrected chi connectivity index (χ1v) is 15.9. The molecule has 0 saturated carbocycles. The largest absolute Gasteiger partial charge is 0.463 e. The van der Waals surface area contributed by atoms with Gasteiger partial charge in [-0.25, -0.2) is 0 Å². The quantitative estimate of drug-likeness (QED) is 0.0688. The van der Waals surface area contributed by atoms with Gasteiger partial charge in [0.15, 0.2) is 0 Å². The number of hydrogen-bond donors (Lipinski definition) is 0. The second kappa shape index (κ2) is 36.2. The van der Waals surface area contributed by atoms with Crippen molar-refractivity contribution < 1.29 is 42.7 Å². The maximum Gasteiger partial charge on any atom is 0.302 e. The van der Waals surface area contributed by atoms with Crippen LogP contribution in [0.2, 0.25) is 0 Å². The van der Waals surface area contributed by atoms with E-state index in [9.17, 15) is 4.79 Å². The average molecular weight is 579 g/mol. The highest BCUT2D eigenvalue weighted by molar-refractivity contribution is 5.65. The highest BCUT2D eigenvalue weighted by Crippen LogP contribution is 2.12. The molecule has 0 aliphatic carbocycles. The lowest BCUT2D eigenvalue weighted by Crippen LogP contribution is -2.15. The third-order valence-electron chi connectivity index (χ3n) is 6.16. The Labute approximate surface area is 245 Å². The van der Waals surface area contributed by atoms with Crippen LogP contribution in [0.1, 0.15) is 97.3 Å². The van der Waals surface area contributed by atoms with Gasteiger partial charge in [-0.3, -0.25) is 4.79 Å². The molecule has 0 aromatic heterocycles. The summed E-state index contributed by atoms with van der Waals surface area (Å²) in [5, 5.41) is 0. The Morgan fingerprint density at radius 2 is 0.600 bits per heavy atom. The number of ether oxygens (including phenoxy) is 8. The van der Waals surface area contributed by atoms with Crippen LogP contribution in [0.5, 0.6) is 0 Å². The van der Waals surface area contributed by atoms with Gasteiger partial charge in [-0.15, -0.1) is 0 Å². The van der Waals surface area contributed by atoms with Gasteiger partial charge in [-0.05, 0) is 6.42 Å². The third kappa shape index (κ3) is 37.2. The normalized spacial score (nSPS) is 11.3. The zero-order valence-corrected chi connectivity index (χ0v) is 26.0. The predicted octanol–water partition coefficient (Wildman–Crippen LogP) is 5.76. The molecule has 0 amide bonds. The van der Waals surface area contributed by atoms with E-state index in [0.29, 0.717) is 85.9 Å². The molecule has 0 rings (SSSR count). The van der Waals surface area contributed by atoms with E-state index in [4.69, 9.17) is 37.9 Å². The molecule has 0 aliphatic heterocycles. The van der Waals surface area contributed by atoms with Gasteiger partial charge >= 0.3 is 5.97 Å². The third-order valence-corrected chi connectivity index (χ3v) is 6.16. The second-order valence-electron chi connectivity index (χ2n) is 9.87. The molecule has 0 bridgehead atoms. The molecule has 9 nitrogen and oxygen atoms in total. The molecule has 0 aromatic carbocycles. The van der Waals surface area contributed by atoms with Crippen LogP contribution < -0.4 is 0 Å². The molecule has 9 heteroatoms. The lowest BCUT2D eigenvalue weighted by molar-refractivity contribution is -0.142. The SMILES string of the molecule is CCCCCCCCCCCCCCCOCCOCCOCCOCCOCCOCCOCCOC(C)=O. The first-order valence-electron chi connectivity index (χ1n) is 15.9. The minimum absolute atomic E-state index is 0.270. The van der Waals surface area contributed by atoms with Crippen molar-refractivity contribution >= 4 is 5.97 Å². The molecule has 0 spiro atoms. The number of carbonyl (C=O) groups is 1. The molecule has 240 valence electrons. The van der Waals surface area contributed by atoms with Crippen molar-refractivity contribution in [2.45, 2.75) is 97.3 Å². The Morgan fingerprint density at radius 3 is 0.900 bits per heavy atom. The first kappa shape index (κ1) is 39.2. The summed E-state index contributed by atoms with van der Waals surface area (Å²) in [6, 6.07) is 0. The van der Waals surface area contributed by atoms with Crippen LogP contribution in [0.3, 0.4) is 0 Å². The fraction of sp³-hybridized carbons (Fsp3) is 0.968. The van der Waals surface area contributed by atoms with Crippen molar-refractivity contribution in [3.63, 3.8) is 0 Å². The number of unbranched alkanes of at least 4 members (excludes halogenated alkanes) is 12. The van der Waals surface area contributed by atoms with Gasteiger partial charge in [-0.1, -0.05) is 84.0 Å². The van der Waals surface area contributed by atoms with Gasteiger partial charge in [0, 0.05) is 13.5 Å². The Hall–Kier alpha value is -0.810.